The fraction of sp³-hybridized carbons (Fsp3) is 0.536. The number of fused-ring (bicyclic) bond motifs is 1. The number of hydrogen-bond acceptors (Lipinski definition) is 4. The Morgan fingerprint density at radius 3 is 2.88 bits per heavy atom. The number of furan rings is 1. The third-order valence-electron chi connectivity index (χ3n) is 9.08. The van der Waals surface area contributed by atoms with Crippen molar-refractivity contribution >= 4 is 12.0 Å². The predicted octanol–water partition coefficient (Wildman–Crippen LogP) is 4.01. The summed E-state index contributed by atoms with van der Waals surface area (Å²) >= 11 is 0. The van der Waals surface area contributed by atoms with Crippen LogP contribution in [0.15, 0.2) is 53.4 Å². The van der Waals surface area contributed by atoms with Crippen molar-refractivity contribution in [1.29, 1.82) is 0 Å². The number of likely N-dealkylation sites (tertiary alicyclic amines) is 1. The molecule has 6 rings (SSSR count). The monoisotopic (exact) mass is 446 g/mol. The van der Waals surface area contributed by atoms with Gasteiger partial charge in [-0.15, -0.1) is 0 Å². The second-order valence-corrected chi connectivity index (χ2v) is 10.8. The first-order valence-electron chi connectivity index (χ1n) is 12.5. The van der Waals surface area contributed by atoms with Gasteiger partial charge in [-0.1, -0.05) is 24.3 Å². The van der Waals surface area contributed by atoms with Crippen LogP contribution in [-0.2, 0) is 16.6 Å². The number of carbonyl (C=O) groups is 1. The highest BCUT2D eigenvalue weighted by Gasteiger charge is 2.65. The highest BCUT2D eigenvalue weighted by molar-refractivity contribution is 5.91. The molecule has 5 heteroatoms. The predicted molar refractivity (Wildman–Crippen MR) is 128 cm³/mol. The number of nitrogens with zero attached hydrogens (tertiary/aromatic N) is 2. The van der Waals surface area contributed by atoms with Gasteiger partial charge in [-0.2, -0.15) is 0 Å². The van der Waals surface area contributed by atoms with E-state index in [1.54, 1.807) is 18.6 Å². The molecule has 5 nitrogen and oxygen atoms in total. The molecule has 1 aliphatic heterocycles. The van der Waals surface area contributed by atoms with Crippen LogP contribution in [0.4, 0.5) is 0 Å². The van der Waals surface area contributed by atoms with E-state index in [4.69, 9.17) is 4.42 Å². The standard InChI is InChI=1S/C28H34N2O3/c1-29(26(31)9-8-21-11-15-33-19-21)23-10-12-28(32)25-16-22-4-2-3-5-24(22)27(28,17-23)13-14-30(25)18-20-6-7-20/h2-5,8-9,11,15,19-20,23,25,32H,6-7,10,12-14,16-18H2,1H3/b9-8+/t23-,25+,27+,28+/m0/s1. The van der Waals surface area contributed by atoms with Gasteiger partial charge in [0.2, 0.25) is 5.91 Å². The average Bonchev–Trinajstić information content (AvgIpc) is 3.49. The van der Waals surface area contributed by atoms with Gasteiger partial charge in [0.1, 0.15) is 0 Å². The van der Waals surface area contributed by atoms with Crippen molar-refractivity contribution in [1.82, 2.24) is 9.80 Å². The minimum Gasteiger partial charge on any atom is -0.472 e. The average molecular weight is 447 g/mol. The number of likely N-dealkylation sites (N-methyl/N-ethyl adjacent to an activating group) is 1. The molecule has 4 aliphatic rings. The van der Waals surface area contributed by atoms with Gasteiger partial charge in [0.05, 0.1) is 18.1 Å². The van der Waals surface area contributed by atoms with Gasteiger partial charge >= 0.3 is 0 Å². The second-order valence-electron chi connectivity index (χ2n) is 10.8. The summed E-state index contributed by atoms with van der Waals surface area (Å²) in [7, 11) is 1.92. The number of carbonyl (C=O) groups excluding carboxylic acids is 1. The van der Waals surface area contributed by atoms with Crippen molar-refractivity contribution in [3.05, 3.63) is 65.6 Å². The summed E-state index contributed by atoms with van der Waals surface area (Å²) in [6, 6.07) is 10.9. The van der Waals surface area contributed by atoms with Crippen molar-refractivity contribution in [3.8, 4) is 0 Å². The van der Waals surface area contributed by atoms with E-state index >= 15 is 0 Å². The summed E-state index contributed by atoms with van der Waals surface area (Å²) in [6.45, 7) is 2.18. The van der Waals surface area contributed by atoms with E-state index in [9.17, 15) is 9.90 Å². The van der Waals surface area contributed by atoms with Crippen LogP contribution in [0.3, 0.4) is 0 Å². The SMILES string of the molecule is CN(C(=O)/C=C/c1ccoc1)[C@H]1CC[C@@]2(O)[C@H]3Cc4ccccc4[C@@]2(CCN3CC2CC2)C1. The fourth-order valence-electron chi connectivity index (χ4n) is 7.07. The molecule has 174 valence electrons. The third-order valence-corrected chi connectivity index (χ3v) is 9.08. The zero-order valence-corrected chi connectivity index (χ0v) is 19.5. The number of rotatable bonds is 5. The van der Waals surface area contributed by atoms with Gasteiger partial charge in [0.25, 0.3) is 0 Å². The van der Waals surface area contributed by atoms with Crippen LogP contribution in [0, 0.1) is 5.92 Å². The Bertz CT molecular complexity index is 1060. The molecule has 2 bridgehead atoms. The lowest BCUT2D eigenvalue weighted by Gasteiger charge is -2.65. The maximum absolute atomic E-state index is 13.0. The highest BCUT2D eigenvalue weighted by atomic mass is 16.3. The molecule has 2 heterocycles. The van der Waals surface area contributed by atoms with Gasteiger partial charge in [-0.05, 0) is 80.7 Å². The van der Waals surface area contributed by atoms with E-state index in [-0.39, 0.29) is 23.4 Å². The topological polar surface area (TPSA) is 56.9 Å². The smallest absolute Gasteiger partial charge is 0.246 e. The molecule has 3 fully saturated rings. The lowest BCUT2D eigenvalue weighted by Crippen LogP contribution is -2.74. The number of benzene rings is 1. The molecule has 1 N–H and O–H groups in total. The number of amides is 1. The molecule has 1 aromatic heterocycles. The minimum atomic E-state index is -0.721. The van der Waals surface area contributed by atoms with Crippen LogP contribution in [0.1, 0.15) is 55.2 Å². The second kappa shape index (κ2) is 7.85. The molecule has 0 spiro atoms. The Kier molecular flexibility index (Phi) is 5.04. The van der Waals surface area contributed by atoms with Crippen molar-refractivity contribution in [2.75, 3.05) is 20.1 Å². The largest absolute Gasteiger partial charge is 0.472 e. The molecule has 1 amide bonds. The maximum atomic E-state index is 13.0. The van der Waals surface area contributed by atoms with Gasteiger partial charge < -0.3 is 14.4 Å². The van der Waals surface area contributed by atoms with E-state index in [0.717, 1.165) is 56.7 Å². The van der Waals surface area contributed by atoms with Crippen LogP contribution in [0.5, 0.6) is 0 Å². The lowest BCUT2D eigenvalue weighted by atomic mass is 9.48. The number of piperidine rings is 1. The molecular formula is C28H34N2O3. The highest BCUT2D eigenvalue weighted by Crippen LogP contribution is 2.58. The summed E-state index contributed by atoms with van der Waals surface area (Å²) < 4.78 is 5.10. The van der Waals surface area contributed by atoms with Gasteiger partial charge in [-0.25, -0.2) is 0 Å². The van der Waals surface area contributed by atoms with E-state index in [1.165, 1.54) is 24.0 Å². The number of hydrogen-bond donors (Lipinski definition) is 1. The first-order valence-corrected chi connectivity index (χ1v) is 12.5. The van der Waals surface area contributed by atoms with Crippen LogP contribution in [0.25, 0.3) is 6.08 Å². The van der Waals surface area contributed by atoms with Crippen molar-refractivity contribution < 1.29 is 14.3 Å². The zero-order chi connectivity index (χ0) is 22.6. The Labute approximate surface area is 196 Å². The lowest BCUT2D eigenvalue weighted by molar-refractivity contribution is -0.177. The summed E-state index contributed by atoms with van der Waals surface area (Å²) in [6.07, 6.45) is 13.7. The molecule has 33 heavy (non-hydrogen) atoms. The Morgan fingerprint density at radius 2 is 2.09 bits per heavy atom. The van der Waals surface area contributed by atoms with Crippen LogP contribution in [0.2, 0.25) is 0 Å². The summed E-state index contributed by atoms with van der Waals surface area (Å²) in [5.74, 6) is 0.829. The summed E-state index contributed by atoms with van der Waals surface area (Å²) in [5.41, 5.74) is 2.61. The van der Waals surface area contributed by atoms with Crippen molar-refractivity contribution in [3.63, 3.8) is 0 Å². The van der Waals surface area contributed by atoms with Crippen LogP contribution >= 0.6 is 0 Å². The molecule has 2 saturated carbocycles. The molecular weight excluding hydrogens is 412 g/mol. The normalized spacial score (nSPS) is 33.5. The molecule has 4 atom stereocenters. The number of aliphatic hydroxyl groups is 1. The van der Waals surface area contributed by atoms with Gasteiger partial charge in [0, 0.05) is 42.7 Å². The van der Waals surface area contributed by atoms with E-state index in [2.05, 4.69) is 29.2 Å². The van der Waals surface area contributed by atoms with Crippen LogP contribution < -0.4 is 0 Å². The Balaban J connectivity index is 1.30. The zero-order valence-electron chi connectivity index (χ0n) is 19.5. The first kappa shape index (κ1) is 21.2. The quantitative estimate of drug-likeness (QED) is 0.705. The Morgan fingerprint density at radius 1 is 1.24 bits per heavy atom. The molecule has 0 unspecified atom stereocenters. The van der Waals surface area contributed by atoms with Crippen LogP contribution in [-0.4, -0.2) is 58.6 Å². The molecule has 3 aliphatic carbocycles. The minimum absolute atomic E-state index is 0.00912. The van der Waals surface area contributed by atoms with Gasteiger partial charge in [-0.3, -0.25) is 9.69 Å². The van der Waals surface area contributed by atoms with Crippen molar-refractivity contribution in [2.24, 2.45) is 5.92 Å². The molecule has 2 aromatic rings. The van der Waals surface area contributed by atoms with E-state index < -0.39 is 5.60 Å². The van der Waals surface area contributed by atoms with Crippen molar-refractivity contribution in [2.45, 2.75) is 68.0 Å². The molecule has 1 saturated heterocycles. The van der Waals surface area contributed by atoms with Gasteiger partial charge in [0.15, 0.2) is 0 Å². The summed E-state index contributed by atoms with van der Waals surface area (Å²) in [5, 5.41) is 12.4. The third kappa shape index (κ3) is 3.39. The fourth-order valence-corrected chi connectivity index (χ4v) is 7.07. The molecule has 1 aromatic carbocycles. The maximum Gasteiger partial charge on any atom is 0.246 e. The Hall–Kier alpha value is -2.37. The van der Waals surface area contributed by atoms with E-state index in [1.807, 2.05) is 24.1 Å². The van der Waals surface area contributed by atoms with E-state index in [0.29, 0.717) is 0 Å². The summed E-state index contributed by atoms with van der Waals surface area (Å²) in [4.78, 5) is 17.5. The first-order chi connectivity index (χ1) is 16.0. The molecule has 0 radical (unpaired) electrons.